The molecule has 2 aliphatic rings. The van der Waals surface area contributed by atoms with Crippen molar-refractivity contribution in [3.05, 3.63) is 215 Å². The Hall–Kier alpha value is -5.08. The van der Waals surface area contributed by atoms with Crippen LogP contribution in [0.3, 0.4) is 0 Å². The second kappa shape index (κ2) is 25.0. The van der Waals surface area contributed by atoms with Gasteiger partial charge in [0.15, 0.2) is 12.6 Å². The van der Waals surface area contributed by atoms with Crippen LogP contribution in [0.5, 0.6) is 0 Å². The molecule has 340 valence electrons. The number of methoxy groups -OCH3 is 1. The summed E-state index contributed by atoms with van der Waals surface area (Å²) in [7, 11) is 1.62. The van der Waals surface area contributed by atoms with E-state index in [1.807, 2.05) is 158 Å². The minimum atomic E-state index is -0.797. The molecular formula is C55H60O10. The Kier molecular flexibility index (Phi) is 17.9. The lowest BCUT2D eigenvalue weighted by Gasteiger charge is -2.48. The van der Waals surface area contributed by atoms with Crippen molar-refractivity contribution >= 4 is 0 Å². The first kappa shape index (κ1) is 46.4. The summed E-state index contributed by atoms with van der Waals surface area (Å²) >= 11 is 0. The smallest absolute Gasteiger partial charge is 0.186 e. The Balaban J connectivity index is 1.10. The van der Waals surface area contributed by atoms with E-state index in [0.717, 1.165) is 33.4 Å². The van der Waals surface area contributed by atoms with Gasteiger partial charge in [-0.2, -0.15) is 0 Å². The van der Waals surface area contributed by atoms with E-state index >= 15 is 0 Å². The summed E-state index contributed by atoms with van der Waals surface area (Å²) < 4.78 is 67.1. The zero-order chi connectivity index (χ0) is 44.3. The Morgan fingerprint density at radius 3 is 1.15 bits per heavy atom. The lowest BCUT2D eigenvalue weighted by Crippen LogP contribution is -2.63. The highest BCUT2D eigenvalue weighted by Crippen LogP contribution is 2.35. The summed E-state index contributed by atoms with van der Waals surface area (Å²) in [6, 6.07) is 60.5. The van der Waals surface area contributed by atoms with Crippen molar-refractivity contribution in [2.24, 2.45) is 0 Å². The molecule has 9 atom stereocenters. The molecule has 6 aromatic rings. The van der Waals surface area contributed by atoms with E-state index in [2.05, 4.69) is 24.3 Å². The molecule has 2 saturated heterocycles. The highest BCUT2D eigenvalue weighted by atomic mass is 16.7. The maximum atomic E-state index is 7.23. The van der Waals surface area contributed by atoms with Gasteiger partial charge in [0, 0.05) is 13.5 Å². The summed E-state index contributed by atoms with van der Waals surface area (Å²) in [6.45, 7) is 2.53. The van der Waals surface area contributed by atoms with Gasteiger partial charge in [-0.05, 0) is 33.4 Å². The minimum Gasteiger partial charge on any atom is -0.374 e. The molecule has 0 radical (unpaired) electrons. The topological polar surface area (TPSA) is 92.3 Å². The van der Waals surface area contributed by atoms with Gasteiger partial charge in [0.05, 0.1) is 59.0 Å². The fraction of sp³-hybridized carbons (Fsp3) is 0.345. The van der Waals surface area contributed by atoms with Gasteiger partial charge < -0.3 is 47.4 Å². The third-order valence-corrected chi connectivity index (χ3v) is 11.6. The molecule has 0 saturated carbocycles. The molecule has 8 rings (SSSR count). The number of hydrogen-bond acceptors (Lipinski definition) is 10. The average molecular weight is 881 g/mol. The number of hydrogen-bond donors (Lipinski definition) is 0. The average Bonchev–Trinajstić information content (AvgIpc) is 3.36. The molecule has 0 bridgehead atoms. The quantitative estimate of drug-likeness (QED) is 0.0620. The molecule has 0 spiro atoms. The lowest BCUT2D eigenvalue weighted by molar-refractivity contribution is -0.355. The maximum Gasteiger partial charge on any atom is 0.186 e. The van der Waals surface area contributed by atoms with Crippen LogP contribution in [0.25, 0.3) is 0 Å². The highest BCUT2D eigenvalue weighted by Gasteiger charge is 2.51. The van der Waals surface area contributed by atoms with Gasteiger partial charge in [-0.15, -0.1) is 0 Å². The van der Waals surface area contributed by atoms with Crippen LogP contribution in [0.4, 0.5) is 0 Å². The van der Waals surface area contributed by atoms with Crippen molar-refractivity contribution in [3.63, 3.8) is 0 Å². The number of ether oxygens (including phenoxy) is 10. The molecule has 0 N–H and O–H groups in total. The molecule has 0 amide bonds. The zero-order valence-corrected chi connectivity index (χ0v) is 37.0. The van der Waals surface area contributed by atoms with Crippen LogP contribution in [0.1, 0.15) is 39.8 Å². The maximum absolute atomic E-state index is 7.23. The minimum absolute atomic E-state index is 0.184. The van der Waals surface area contributed by atoms with E-state index < -0.39 is 55.3 Å². The van der Waals surface area contributed by atoms with E-state index in [9.17, 15) is 0 Å². The van der Waals surface area contributed by atoms with E-state index in [0.29, 0.717) is 46.1 Å². The van der Waals surface area contributed by atoms with Gasteiger partial charge >= 0.3 is 0 Å². The molecule has 2 fully saturated rings. The Morgan fingerprint density at radius 2 is 0.738 bits per heavy atom. The van der Waals surface area contributed by atoms with Crippen LogP contribution in [-0.2, 0) is 87.0 Å². The molecule has 0 aromatic heterocycles. The summed E-state index contributed by atoms with van der Waals surface area (Å²) in [6.07, 6.45) is -5.51. The van der Waals surface area contributed by atoms with E-state index in [1.165, 1.54) is 0 Å². The van der Waals surface area contributed by atoms with Crippen LogP contribution in [0.2, 0.25) is 0 Å². The molecule has 0 unspecified atom stereocenters. The summed E-state index contributed by atoms with van der Waals surface area (Å²) in [5, 5.41) is 0. The van der Waals surface area contributed by atoms with E-state index in [1.54, 1.807) is 7.11 Å². The molecule has 2 aliphatic heterocycles. The van der Waals surface area contributed by atoms with E-state index in [-0.39, 0.29) is 13.2 Å². The standard InChI is InChI=1S/C55H60O10/c1-56-55-54(62-38-46-30-18-7-19-31-46)53(61-37-45-28-16-6-17-29-45)52(49(64-55)40-58-34-42-22-10-3-11-23-42)65-50-32-47(59-35-43-24-12-4-13-25-43)51(60-36-44-26-14-5-15-27-44)48(63-50)39-57-33-41-20-8-2-9-21-41/h2-31,47-55H,32-40H2,1H3/t47-,48-,49-,50+,51+,52-,53+,54-,55+/m1/s1. The summed E-state index contributed by atoms with van der Waals surface area (Å²) in [5.74, 6) is 0. The van der Waals surface area contributed by atoms with Crippen molar-refractivity contribution < 1.29 is 47.4 Å². The third kappa shape index (κ3) is 14.0. The van der Waals surface area contributed by atoms with Crippen molar-refractivity contribution in [2.45, 2.75) is 101 Å². The van der Waals surface area contributed by atoms with Crippen molar-refractivity contribution in [1.29, 1.82) is 0 Å². The highest BCUT2D eigenvalue weighted by molar-refractivity contribution is 5.18. The molecule has 10 nitrogen and oxygen atoms in total. The second-order valence-electron chi connectivity index (χ2n) is 16.3. The van der Waals surface area contributed by atoms with Gasteiger partial charge in [0.2, 0.25) is 0 Å². The zero-order valence-electron chi connectivity index (χ0n) is 37.0. The van der Waals surface area contributed by atoms with Crippen LogP contribution < -0.4 is 0 Å². The lowest BCUT2D eigenvalue weighted by atomic mass is 9.97. The largest absolute Gasteiger partial charge is 0.374 e. The monoisotopic (exact) mass is 880 g/mol. The fourth-order valence-corrected chi connectivity index (χ4v) is 8.21. The first-order chi connectivity index (χ1) is 32.2. The van der Waals surface area contributed by atoms with E-state index in [4.69, 9.17) is 47.4 Å². The van der Waals surface area contributed by atoms with Crippen molar-refractivity contribution in [3.8, 4) is 0 Å². The van der Waals surface area contributed by atoms with Crippen molar-refractivity contribution in [2.75, 3.05) is 20.3 Å². The van der Waals surface area contributed by atoms with Crippen LogP contribution in [0.15, 0.2) is 182 Å². The molecule has 10 heteroatoms. The molecular weight excluding hydrogens is 821 g/mol. The molecule has 0 aliphatic carbocycles. The summed E-state index contributed by atoms with van der Waals surface area (Å²) in [4.78, 5) is 0. The summed E-state index contributed by atoms with van der Waals surface area (Å²) in [5.41, 5.74) is 6.19. The van der Waals surface area contributed by atoms with Gasteiger partial charge in [0.1, 0.15) is 36.6 Å². The van der Waals surface area contributed by atoms with Gasteiger partial charge in [-0.3, -0.25) is 0 Å². The first-order valence-electron chi connectivity index (χ1n) is 22.5. The molecule has 2 heterocycles. The molecule has 65 heavy (non-hydrogen) atoms. The predicted octanol–water partition coefficient (Wildman–Crippen LogP) is 9.63. The predicted molar refractivity (Wildman–Crippen MR) is 246 cm³/mol. The Bertz CT molecular complexity index is 2190. The fourth-order valence-electron chi connectivity index (χ4n) is 8.21. The first-order valence-corrected chi connectivity index (χ1v) is 22.5. The number of rotatable bonds is 23. The molecule has 6 aromatic carbocycles. The van der Waals surface area contributed by atoms with Crippen molar-refractivity contribution in [1.82, 2.24) is 0 Å². The Labute approximate surface area is 383 Å². The van der Waals surface area contributed by atoms with Crippen LogP contribution in [-0.4, -0.2) is 75.6 Å². The third-order valence-electron chi connectivity index (χ3n) is 11.6. The van der Waals surface area contributed by atoms with Gasteiger partial charge in [-0.25, -0.2) is 0 Å². The second-order valence-corrected chi connectivity index (χ2v) is 16.3. The van der Waals surface area contributed by atoms with Crippen LogP contribution >= 0.6 is 0 Å². The normalized spacial score (nSPS) is 24.4. The Morgan fingerprint density at radius 1 is 0.385 bits per heavy atom. The number of benzene rings is 6. The van der Waals surface area contributed by atoms with Gasteiger partial charge in [-0.1, -0.05) is 182 Å². The SMILES string of the molecule is CO[C@H]1O[C@H](COCc2ccccc2)[C@@H](O[C@H]2C[C@@H](OCc3ccccc3)[C@H](OCc3ccccc3)[C@@H](COCc3ccccc3)O2)[C@H](OCc2ccccc2)[C@H]1OCc1ccccc1. The van der Waals surface area contributed by atoms with Gasteiger partial charge in [0.25, 0.3) is 0 Å². The van der Waals surface area contributed by atoms with Crippen LogP contribution in [0, 0.1) is 0 Å².